The predicted octanol–water partition coefficient (Wildman–Crippen LogP) is -0.670. The minimum Gasteiger partial charge on any atom is -0.338 e. The number of rotatable bonds is 3. The first-order valence-corrected chi connectivity index (χ1v) is 6.02. The molecule has 0 radical (unpaired) electrons. The zero-order valence-corrected chi connectivity index (χ0v) is 7.85. The maximum absolute atomic E-state index is 11.0. The minimum atomic E-state index is -5.00. The van der Waals surface area contributed by atoms with E-state index < -0.39 is 21.0 Å². The Kier molecular flexibility index (Phi) is 2.72. The standard InChI is InChI=1S/C3H6N2O6P2/c6-12(7,11-13(8,9)10)3-4-1-2-5-3/h1-2H,(H,4,5)(H,6,7)(H2,8,9,10). The van der Waals surface area contributed by atoms with Gasteiger partial charge in [-0.05, 0) is 0 Å². The first-order chi connectivity index (χ1) is 5.81. The van der Waals surface area contributed by atoms with Crippen LogP contribution in [-0.2, 0) is 13.4 Å². The summed E-state index contributed by atoms with van der Waals surface area (Å²) in [6.07, 6.45) is 2.38. The van der Waals surface area contributed by atoms with Crippen LogP contribution in [0.4, 0.5) is 0 Å². The maximum atomic E-state index is 11.0. The molecule has 0 aromatic carbocycles. The lowest BCUT2D eigenvalue weighted by molar-refractivity contribution is 0.267. The second kappa shape index (κ2) is 3.34. The fourth-order valence-electron chi connectivity index (χ4n) is 0.594. The first kappa shape index (κ1) is 10.6. The average Bonchev–Trinajstić information content (AvgIpc) is 2.29. The molecule has 0 amide bonds. The van der Waals surface area contributed by atoms with Crippen LogP contribution in [0.15, 0.2) is 12.4 Å². The van der Waals surface area contributed by atoms with Gasteiger partial charge in [0.1, 0.15) is 0 Å². The van der Waals surface area contributed by atoms with Gasteiger partial charge in [0.05, 0.1) is 0 Å². The van der Waals surface area contributed by atoms with Crippen LogP contribution in [0.5, 0.6) is 0 Å². The molecule has 0 saturated carbocycles. The summed E-state index contributed by atoms with van der Waals surface area (Å²) in [5.74, 6) is 0. The van der Waals surface area contributed by atoms with Gasteiger partial charge in [0.15, 0.2) is 0 Å². The molecule has 0 spiro atoms. The van der Waals surface area contributed by atoms with Crippen molar-refractivity contribution in [3.63, 3.8) is 0 Å². The summed E-state index contributed by atoms with van der Waals surface area (Å²) in [6.45, 7) is 0. The molecule has 1 rings (SSSR count). The largest absolute Gasteiger partial charge is 0.477 e. The molecule has 4 N–H and O–H groups in total. The lowest BCUT2D eigenvalue weighted by Gasteiger charge is -2.09. The van der Waals surface area contributed by atoms with Crippen LogP contribution < -0.4 is 5.57 Å². The molecule has 8 nitrogen and oxygen atoms in total. The van der Waals surface area contributed by atoms with Gasteiger partial charge in [-0.25, -0.2) is 13.9 Å². The second-order valence-corrected chi connectivity index (χ2v) is 5.10. The molecule has 0 aliphatic carbocycles. The van der Waals surface area contributed by atoms with Crippen LogP contribution >= 0.6 is 15.4 Å². The third kappa shape index (κ3) is 3.04. The van der Waals surface area contributed by atoms with E-state index in [0.717, 1.165) is 6.20 Å². The van der Waals surface area contributed by atoms with Gasteiger partial charge in [0, 0.05) is 12.4 Å². The van der Waals surface area contributed by atoms with E-state index >= 15 is 0 Å². The Morgan fingerprint density at radius 3 is 2.38 bits per heavy atom. The number of aromatic amines is 1. The third-order valence-corrected chi connectivity index (χ3v) is 3.48. The number of aromatic nitrogens is 2. The Morgan fingerprint density at radius 1 is 1.38 bits per heavy atom. The summed E-state index contributed by atoms with van der Waals surface area (Å²) >= 11 is 0. The summed E-state index contributed by atoms with van der Waals surface area (Å²) in [7, 11) is -9.55. The molecule has 0 bridgehead atoms. The summed E-state index contributed by atoms with van der Waals surface area (Å²) in [5.41, 5.74) is -0.518. The number of imidazole rings is 1. The summed E-state index contributed by atoms with van der Waals surface area (Å²) in [6, 6.07) is 0. The predicted molar refractivity (Wildman–Crippen MR) is 41.2 cm³/mol. The molecular weight excluding hydrogens is 222 g/mol. The van der Waals surface area contributed by atoms with Crippen LogP contribution in [0.25, 0.3) is 0 Å². The van der Waals surface area contributed by atoms with Crippen molar-refractivity contribution in [1.29, 1.82) is 0 Å². The van der Waals surface area contributed by atoms with Gasteiger partial charge in [0.2, 0.25) is 5.57 Å². The van der Waals surface area contributed by atoms with Crippen molar-refractivity contribution in [3.05, 3.63) is 12.4 Å². The van der Waals surface area contributed by atoms with E-state index in [1.807, 2.05) is 0 Å². The number of hydrogen-bond donors (Lipinski definition) is 4. The maximum Gasteiger partial charge on any atom is 0.477 e. The fourth-order valence-corrected chi connectivity index (χ4v) is 2.51. The highest BCUT2D eigenvalue weighted by molar-refractivity contribution is 7.68. The minimum absolute atomic E-state index is 0.518. The first-order valence-electron chi connectivity index (χ1n) is 2.91. The molecule has 1 atom stereocenters. The monoisotopic (exact) mass is 228 g/mol. The Balaban J connectivity index is 2.92. The van der Waals surface area contributed by atoms with E-state index in [1.54, 1.807) is 0 Å². The van der Waals surface area contributed by atoms with Crippen molar-refractivity contribution >= 4 is 21.0 Å². The molecule has 10 heteroatoms. The van der Waals surface area contributed by atoms with E-state index in [0.29, 0.717) is 0 Å². The Hall–Kier alpha value is -0.490. The number of hydrogen-bond acceptors (Lipinski definition) is 4. The lowest BCUT2D eigenvalue weighted by atomic mass is 11.0. The highest BCUT2D eigenvalue weighted by Gasteiger charge is 2.34. The van der Waals surface area contributed by atoms with E-state index in [2.05, 4.69) is 14.3 Å². The van der Waals surface area contributed by atoms with Crippen LogP contribution in [0.3, 0.4) is 0 Å². The summed E-state index contributed by atoms with van der Waals surface area (Å²) in [4.78, 5) is 31.0. The summed E-state index contributed by atoms with van der Waals surface area (Å²) in [5, 5.41) is 0. The SMILES string of the molecule is O=P(O)(O)OP(=O)(O)c1ncc[nH]1. The molecule has 1 aromatic heterocycles. The van der Waals surface area contributed by atoms with Gasteiger partial charge in [-0.1, -0.05) is 0 Å². The van der Waals surface area contributed by atoms with Gasteiger partial charge in [-0.3, -0.25) is 4.57 Å². The second-order valence-electron chi connectivity index (χ2n) is 2.01. The highest BCUT2D eigenvalue weighted by Crippen LogP contribution is 2.55. The molecule has 0 aliphatic heterocycles. The van der Waals surface area contributed by atoms with Gasteiger partial charge < -0.3 is 19.7 Å². The molecule has 13 heavy (non-hydrogen) atoms. The normalized spacial score (nSPS) is 16.8. The van der Waals surface area contributed by atoms with Crippen LogP contribution in [0.1, 0.15) is 0 Å². The number of nitrogens with one attached hydrogen (secondary N) is 1. The molecule has 0 fully saturated rings. The molecule has 1 heterocycles. The van der Waals surface area contributed by atoms with Crippen molar-refractivity contribution < 1.29 is 28.1 Å². The van der Waals surface area contributed by atoms with Gasteiger partial charge in [-0.15, -0.1) is 0 Å². The Bertz CT molecular complexity index is 367. The number of nitrogens with zero attached hydrogens (tertiary/aromatic N) is 1. The van der Waals surface area contributed by atoms with Gasteiger partial charge in [-0.2, -0.15) is 0 Å². The van der Waals surface area contributed by atoms with E-state index in [-0.39, 0.29) is 0 Å². The van der Waals surface area contributed by atoms with Crippen LogP contribution in [-0.4, -0.2) is 24.6 Å². The summed E-state index contributed by atoms with van der Waals surface area (Å²) < 4.78 is 24.9. The molecule has 1 unspecified atom stereocenters. The number of phosphoric acid groups is 1. The molecule has 0 aliphatic rings. The zero-order valence-electron chi connectivity index (χ0n) is 6.06. The van der Waals surface area contributed by atoms with Crippen molar-refractivity contribution in [2.75, 3.05) is 0 Å². The molecule has 0 saturated heterocycles. The quantitative estimate of drug-likeness (QED) is 0.504. The Morgan fingerprint density at radius 2 is 2.00 bits per heavy atom. The molecule has 74 valence electrons. The fraction of sp³-hybridized carbons (Fsp3) is 0. The van der Waals surface area contributed by atoms with Crippen molar-refractivity contribution in [1.82, 2.24) is 9.97 Å². The van der Waals surface area contributed by atoms with Crippen LogP contribution in [0.2, 0.25) is 0 Å². The lowest BCUT2D eigenvalue weighted by Crippen LogP contribution is -2.10. The third-order valence-electron chi connectivity index (χ3n) is 0.968. The van der Waals surface area contributed by atoms with Gasteiger partial charge in [0.25, 0.3) is 0 Å². The van der Waals surface area contributed by atoms with Crippen molar-refractivity contribution in [3.8, 4) is 0 Å². The number of H-pyrrole nitrogens is 1. The topological polar surface area (TPSA) is 133 Å². The molecule has 1 aromatic rings. The smallest absolute Gasteiger partial charge is 0.338 e. The zero-order chi connectivity index (χ0) is 10.1. The average molecular weight is 228 g/mol. The van der Waals surface area contributed by atoms with Crippen molar-refractivity contribution in [2.24, 2.45) is 0 Å². The molecular formula is C3H6N2O6P2. The van der Waals surface area contributed by atoms with E-state index in [9.17, 15) is 9.13 Å². The Labute approximate surface area is 72.4 Å². The van der Waals surface area contributed by atoms with Crippen molar-refractivity contribution in [2.45, 2.75) is 0 Å². The van der Waals surface area contributed by atoms with E-state index in [1.165, 1.54) is 6.20 Å². The highest BCUT2D eigenvalue weighted by atomic mass is 31.3. The van der Waals surface area contributed by atoms with Crippen LogP contribution in [0, 0.1) is 0 Å². The van der Waals surface area contributed by atoms with E-state index in [4.69, 9.17) is 14.7 Å². The van der Waals surface area contributed by atoms with Gasteiger partial charge >= 0.3 is 15.4 Å².